The van der Waals surface area contributed by atoms with Crippen molar-refractivity contribution >= 4 is 29.9 Å². The van der Waals surface area contributed by atoms with E-state index in [2.05, 4.69) is 35.9 Å². The minimum Gasteiger partial charge on any atom is -0.468 e. The van der Waals surface area contributed by atoms with Gasteiger partial charge in [0.05, 0.1) is 25.0 Å². The van der Waals surface area contributed by atoms with Crippen molar-refractivity contribution in [1.29, 1.82) is 0 Å². The maximum Gasteiger partial charge on any atom is 0.194 e. The molecule has 1 aromatic rings. The first-order chi connectivity index (χ1) is 11.2. The second-order valence-electron chi connectivity index (χ2n) is 5.84. The van der Waals surface area contributed by atoms with Gasteiger partial charge in [-0.25, -0.2) is 0 Å². The predicted octanol–water partition coefficient (Wildman–Crippen LogP) is 2.31. The predicted molar refractivity (Wildman–Crippen MR) is 108 cm³/mol. The number of halogens is 1. The van der Waals surface area contributed by atoms with Gasteiger partial charge in [0.25, 0.3) is 0 Å². The second kappa shape index (κ2) is 10.9. The Labute approximate surface area is 162 Å². The number of nitrogens with one attached hydrogen (secondary N) is 1. The first-order valence-corrected chi connectivity index (χ1v) is 8.68. The van der Waals surface area contributed by atoms with Crippen molar-refractivity contribution in [1.82, 2.24) is 15.1 Å². The fourth-order valence-electron chi connectivity index (χ4n) is 3.06. The first kappa shape index (κ1) is 21.2. The van der Waals surface area contributed by atoms with E-state index in [-0.39, 0.29) is 36.1 Å². The molecular weight excluding hydrogens is 419 g/mol. The Kier molecular flexibility index (Phi) is 9.68. The maximum atomic E-state index is 9.76. The second-order valence-corrected chi connectivity index (χ2v) is 5.84. The summed E-state index contributed by atoms with van der Waals surface area (Å²) in [7, 11) is 0. The van der Waals surface area contributed by atoms with Crippen LogP contribution in [0.5, 0.6) is 0 Å². The van der Waals surface area contributed by atoms with E-state index in [9.17, 15) is 5.11 Å². The zero-order valence-electron chi connectivity index (χ0n) is 14.9. The van der Waals surface area contributed by atoms with E-state index >= 15 is 0 Å². The number of aliphatic hydroxyl groups is 1. The van der Waals surface area contributed by atoms with Crippen LogP contribution in [0.4, 0.5) is 0 Å². The van der Waals surface area contributed by atoms with E-state index in [1.807, 2.05) is 12.1 Å². The average molecular weight is 450 g/mol. The molecule has 1 aromatic heterocycles. The smallest absolute Gasteiger partial charge is 0.194 e. The Morgan fingerprint density at radius 1 is 1.46 bits per heavy atom. The highest BCUT2D eigenvalue weighted by atomic mass is 127. The largest absolute Gasteiger partial charge is 0.468 e. The van der Waals surface area contributed by atoms with Crippen molar-refractivity contribution in [3.63, 3.8) is 0 Å². The maximum absolute atomic E-state index is 9.76. The summed E-state index contributed by atoms with van der Waals surface area (Å²) in [6.07, 6.45) is 2.28. The molecule has 6 nitrogen and oxygen atoms in total. The number of likely N-dealkylation sites (N-methyl/N-ethyl adjacent to an activating group) is 1. The number of β-amino-alcohol motifs (C(OH)–C–C–N with tert-alkyl or cyclic N) is 1. The van der Waals surface area contributed by atoms with Crippen molar-refractivity contribution in [3.8, 4) is 0 Å². The zero-order valence-corrected chi connectivity index (χ0v) is 17.3. The molecule has 1 aliphatic rings. The lowest BCUT2D eigenvalue weighted by molar-refractivity contribution is 0.187. The number of rotatable bonds is 7. The summed E-state index contributed by atoms with van der Waals surface area (Å²) < 4.78 is 5.63. The van der Waals surface area contributed by atoms with Crippen LogP contribution in [0.25, 0.3) is 0 Å². The normalized spacial score (nSPS) is 19.5. The minimum absolute atomic E-state index is 0. The molecule has 138 valence electrons. The lowest BCUT2D eigenvalue weighted by Crippen LogP contribution is -2.41. The van der Waals surface area contributed by atoms with Crippen LogP contribution >= 0.6 is 24.0 Å². The Morgan fingerprint density at radius 2 is 2.21 bits per heavy atom. The fourth-order valence-corrected chi connectivity index (χ4v) is 3.06. The number of aliphatic imine (C=N–C) groups is 1. The quantitative estimate of drug-likeness (QED) is 0.379. The van der Waals surface area contributed by atoms with E-state index in [0.29, 0.717) is 13.1 Å². The standard InChI is InChI=1S/C17H30N4O2.HI/c1-4-18-17(21-10-9-14(22)13-21)19-12-15(20(5-2)6-3)16-8-7-11-23-16;/h7-8,11,14-15,22H,4-6,9-10,12-13H2,1-3H3,(H,18,19);1H/t14-,15?;/m1./s1. The molecule has 0 spiro atoms. The summed E-state index contributed by atoms with van der Waals surface area (Å²) in [6.45, 7) is 11.3. The monoisotopic (exact) mass is 450 g/mol. The van der Waals surface area contributed by atoms with E-state index in [4.69, 9.17) is 9.41 Å². The SMILES string of the molecule is CCNC(=NCC(c1ccco1)N(CC)CC)N1CC[C@@H](O)C1.I. The number of hydrogen-bond donors (Lipinski definition) is 2. The van der Waals surface area contributed by atoms with E-state index in [1.54, 1.807) is 6.26 Å². The Bertz CT molecular complexity index is 477. The van der Waals surface area contributed by atoms with Gasteiger partial charge in [0, 0.05) is 19.6 Å². The Balaban J connectivity index is 0.00000288. The number of guanidine groups is 1. The summed E-state index contributed by atoms with van der Waals surface area (Å²) in [5, 5.41) is 13.1. The van der Waals surface area contributed by atoms with E-state index in [1.165, 1.54) is 0 Å². The number of nitrogens with zero attached hydrogens (tertiary/aromatic N) is 3. The molecule has 0 saturated carbocycles. The molecule has 2 atom stereocenters. The van der Waals surface area contributed by atoms with Crippen molar-refractivity contribution < 1.29 is 9.52 Å². The minimum atomic E-state index is -0.248. The molecule has 0 bridgehead atoms. The summed E-state index contributed by atoms with van der Waals surface area (Å²) in [5.41, 5.74) is 0. The lowest BCUT2D eigenvalue weighted by Gasteiger charge is -2.28. The van der Waals surface area contributed by atoms with Crippen molar-refractivity contribution in [2.24, 2.45) is 4.99 Å². The number of likely N-dealkylation sites (tertiary alicyclic amines) is 1. The van der Waals surface area contributed by atoms with Gasteiger partial charge >= 0.3 is 0 Å². The third kappa shape index (κ3) is 5.63. The van der Waals surface area contributed by atoms with Crippen LogP contribution in [0.3, 0.4) is 0 Å². The van der Waals surface area contributed by atoms with E-state index in [0.717, 1.165) is 44.3 Å². The zero-order chi connectivity index (χ0) is 16.7. The molecule has 0 aromatic carbocycles. The summed E-state index contributed by atoms with van der Waals surface area (Å²) in [6, 6.07) is 4.09. The molecule has 7 heteroatoms. The van der Waals surface area contributed by atoms with Crippen molar-refractivity contribution in [3.05, 3.63) is 24.2 Å². The van der Waals surface area contributed by atoms with Crippen LogP contribution in [0.15, 0.2) is 27.8 Å². The fraction of sp³-hybridized carbons (Fsp3) is 0.706. The summed E-state index contributed by atoms with van der Waals surface area (Å²) in [4.78, 5) is 9.31. The molecule has 0 radical (unpaired) electrons. The average Bonchev–Trinajstić information content (AvgIpc) is 3.21. The van der Waals surface area contributed by atoms with E-state index < -0.39 is 0 Å². The van der Waals surface area contributed by atoms with Crippen LogP contribution in [-0.4, -0.2) is 66.2 Å². The summed E-state index contributed by atoms with van der Waals surface area (Å²) in [5.74, 6) is 1.84. The van der Waals surface area contributed by atoms with Gasteiger partial charge in [-0.1, -0.05) is 13.8 Å². The highest BCUT2D eigenvalue weighted by molar-refractivity contribution is 14.0. The number of aliphatic hydroxyl groups excluding tert-OH is 1. The molecule has 0 amide bonds. The van der Waals surface area contributed by atoms with Crippen molar-refractivity contribution in [2.75, 3.05) is 39.3 Å². The molecule has 24 heavy (non-hydrogen) atoms. The van der Waals surface area contributed by atoms with Gasteiger partial charge < -0.3 is 19.7 Å². The molecule has 2 rings (SSSR count). The van der Waals surface area contributed by atoms with Crippen LogP contribution in [0.1, 0.15) is 39.0 Å². The van der Waals surface area contributed by atoms with Gasteiger partial charge in [-0.15, -0.1) is 24.0 Å². The highest BCUT2D eigenvalue weighted by Gasteiger charge is 2.24. The van der Waals surface area contributed by atoms with Gasteiger partial charge in [0.2, 0.25) is 0 Å². The van der Waals surface area contributed by atoms with Crippen LogP contribution in [0.2, 0.25) is 0 Å². The van der Waals surface area contributed by atoms with Crippen LogP contribution in [0, 0.1) is 0 Å². The molecule has 1 fully saturated rings. The Hall–Kier alpha value is -0.800. The van der Waals surface area contributed by atoms with Crippen LogP contribution in [-0.2, 0) is 0 Å². The van der Waals surface area contributed by atoms with Gasteiger partial charge in [0.1, 0.15) is 5.76 Å². The molecule has 0 aliphatic carbocycles. The Morgan fingerprint density at radius 3 is 2.71 bits per heavy atom. The molecule has 2 heterocycles. The van der Waals surface area contributed by atoms with Gasteiger partial charge in [-0.2, -0.15) is 0 Å². The molecule has 1 aliphatic heterocycles. The molecule has 1 saturated heterocycles. The molecule has 2 N–H and O–H groups in total. The molecule has 1 unspecified atom stereocenters. The van der Waals surface area contributed by atoms with Gasteiger partial charge in [-0.05, 0) is 38.6 Å². The highest BCUT2D eigenvalue weighted by Crippen LogP contribution is 2.21. The lowest BCUT2D eigenvalue weighted by atomic mass is 10.2. The summed E-state index contributed by atoms with van der Waals surface area (Å²) >= 11 is 0. The third-order valence-electron chi connectivity index (χ3n) is 4.34. The molecular formula is C17H31IN4O2. The van der Waals surface area contributed by atoms with Gasteiger partial charge in [0.15, 0.2) is 5.96 Å². The number of hydrogen-bond acceptors (Lipinski definition) is 4. The number of furan rings is 1. The van der Waals surface area contributed by atoms with Gasteiger partial charge in [-0.3, -0.25) is 9.89 Å². The van der Waals surface area contributed by atoms with Crippen molar-refractivity contribution in [2.45, 2.75) is 39.3 Å². The topological polar surface area (TPSA) is 64.2 Å². The first-order valence-electron chi connectivity index (χ1n) is 8.68. The van der Waals surface area contributed by atoms with Crippen LogP contribution < -0.4 is 5.32 Å². The third-order valence-corrected chi connectivity index (χ3v) is 4.34.